The molecule has 0 saturated carbocycles. The number of hydrogen-bond acceptors (Lipinski definition) is 3. The van der Waals surface area contributed by atoms with Crippen LogP contribution in [0.2, 0.25) is 0 Å². The Balaban J connectivity index is 2.89. The van der Waals surface area contributed by atoms with Crippen molar-refractivity contribution in [2.75, 3.05) is 11.5 Å². The van der Waals surface area contributed by atoms with Crippen LogP contribution < -0.4 is 5.73 Å². The van der Waals surface area contributed by atoms with Crippen LogP contribution in [-0.4, -0.2) is 10.7 Å². The molecular weight excluding hydrogens is 187 g/mol. The lowest BCUT2D eigenvalue weighted by Gasteiger charge is -1.95. The van der Waals surface area contributed by atoms with Gasteiger partial charge in [0.2, 0.25) is 5.95 Å². The Labute approximate surface area is 81.8 Å². The number of anilines is 1. The van der Waals surface area contributed by atoms with Crippen LogP contribution in [0.4, 0.5) is 10.1 Å². The van der Waals surface area contributed by atoms with E-state index in [2.05, 4.69) is 29.5 Å². The second kappa shape index (κ2) is 4.73. The third-order valence-corrected chi connectivity index (χ3v) is 1.56. The quantitative estimate of drug-likeness (QED) is 0.405. The largest absolute Gasteiger partial charge is 0.396 e. The number of pyridine rings is 1. The third-order valence-electron chi connectivity index (χ3n) is 1.34. The van der Waals surface area contributed by atoms with E-state index < -0.39 is 5.95 Å². The van der Waals surface area contributed by atoms with Crippen molar-refractivity contribution in [3.05, 3.63) is 23.8 Å². The third kappa shape index (κ3) is 2.96. The Morgan fingerprint density at radius 2 is 2.31 bits per heavy atom. The fraction of sp³-hybridized carbons (Fsp3) is 0.222. The average molecular weight is 196 g/mol. The first-order valence-corrected chi connectivity index (χ1v) is 4.39. The lowest BCUT2D eigenvalue weighted by atomic mass is 10.3. The van der Waals surface area contributed by atoms with Gasteiger partial charge in [0.25, 0.3) is 0 Å². The second-order valence-electron chi connectivity index (χ2n) is 2.35. The standard InChI is InChI=1S/C9H9FN2S/c10-9-5-4-7(11)8(12-9)3-1-2-6-13/h4-5,13H,2,6,11H2. The van der Waals surface area contributed by atoms with Gasteiger partial charge in [0.15, 0.2) is 0 Å². The maximum Gasteiger partial charge on any atom is 0.214 e. The zero-order valence-electron chi connectivity index (χ0n) is 6.92. The number of rotatable bonds is 1. The summed E-state index contributed by atoms with van der Waals surface area (Å²) in [5.74, 6) is 5.57. The number of halogens is 1. The topological polar surface area (TPSA) is 38.9 Å². The van der Waals surface area contributed by atoms with Gasteiger partial charge in [0.05, 0.1) is 5.69 Å². The van der Waals surface area contributed by atoms with Gasteiger partial charge in [-0.1, -0.05) is 5.92 Å². The molecule has 2 N–H and O–H groups in total. The highest BCUT2D eigenvalue weighted by molar-refractivity contribution is 7.80. The van der Waals surface area contributed by atoms with Gasteiger partial charge in [-0.2, -0.15) is 17.0 Å². The Bertz CT molecular complexity index is 354. The van der Waals surface area contributed by atoms with Gasteiger partial charge in [-0.05, 0) is 18.1 Å². The maximum atomic E-state index is 12.6. The van der Waals surface area contributed by atoms with Crippen molar-refractivity contribution >= 4 is 18.3 Å². The predicted octanol–water partition coefficient (Wildman–Crippen LogP) is 1.47. The number of nitrogen functional groups attached to an aromatic ring is 1. The van der Waals surface area contributed by atoms with Crippen LogP contribution in [0.1, 0.15) is 12.1 Å². The number of aromatic nitrogens is 1. The highest BCUT2D eigenvalue weighted by Gasteiger charge is 1.98. The Kier molecular flexibility index (Phi) is 3.59. The SMILES string of the molecule is Nc1ccc(F)nc1C#CCCS. The summed E-state index contributed by atoms with van der Waals surface area (Å²) in [6, 6.07) is 2.66. The Morgan fingerprint density at radius 3 is 3.00 bits per heavy atom. The van der Waals surface area contributed by atoms with Gasteiger partial charge in [-0.15, -0.1) is 0 Å². The van der Waals surface area contributed by atoms with E-state index in [0.29, 0.717) is 23.6 Å². The van der Waals surface area contributed by atoms with E-state index in [0.717, 1.165) is 0 Å². The van der Waals surface area contributed by atoms with E-state index in [1.54, 1.807) is 0 Å². The maximum absolute atomic E-state index is 12.6. The number of nitrogens with two attached hydrogens (primary N) is 1. The Morgan fingerprint density at radius 1 is 1.54 bits per heavy atom. The molecule has 0 unspecified atom stereocenters. The van der Waals surface area contributed by atoms with Crippen molar-refractivity contribution < 1.29 is 4.39 Å². The van der Waals surface area contributed by atoms with Crippen molar-refractivity contribution in [1.82, 2.24) is 4.98 Å². The summed E-state index contributed by atoms with van der Waals surface area (Å²) in [4.78, 5) is 3.55. The molecule has 0 bridgehead atoms. The summed E-state index contributed by atoms with van der Waals surface area (Å²) < 4.78 is 12.6. The smallest absolute Gasteiger partial charge is 0.214 e. The summed E-state index contributed by atoms with van der Waals surface area (Å²) in [6.07, 6.45) is 0.640. The van der Waals surface area contributed by atoms with Crippen molar-refractivity contribution in [3.8, 4) is 11.8 Å². The monoisotopic (exact) mass is 196 g/mol. The molecule has 0 aliphatic heterocycles. The number of thiol groups is 1. The minimum Gasteiger partial charge on any atom is -0.396 e. The van der Waals surface area contributed by atoms with E-state index in [4.69, 9.17) is 5.73 Å². The van der Waals surface area contributed by atoms with Gasteiger partial charge >= 0.3 is 0 Å². The molecule has 0 amide bonds. The van der Waals surface area contributed by atoms with E-state index >= 15 is 0 Å². The molecule has 68 valence electrons. The molecule has 1 heterocycles. The van der Waals surface area contributed by atoms with Gasteiger partial charge < -0.3 is 5.73 Å². The molecular formula is C9H9FN2S. The average Bonchev–Trinajstić information content (AvgIpc) is 2.11. The number of hydrogen-bond donors (Lipinski definition) is 2. The zero-order chi connectivity index (χ0) is 9.68. The second-order valence-corrected chi connectivity index (χ2v) is 2.79. The van der Waals surface area contributed by atoms with Crippen LogP contribution in [0.5, 0.6) is 0 Å². The van der Waals surface area contributed by atoms with Gasteiger partial charge in [-0.25, -0.2) is 4.98 Å². The fourth-order valence-corrected chi connectivity index (χ4v) is 0.860. The molecule has 4 heteroatoms. The summed E-state index contributed by atoms with van der Waals surface area (Å²) >= 11 is 3.99. The molecule has 0 aliphatic carbocycles. The first-order chi connectivity index (χ1) is 6.24. The van der Waals surface area contributed by atoms with Crippen LogP contribution in [0.15, 0.2) is 12.1 Å². The molecule has 1 rings (SSSR count). The van der Waals surface area contributed by atoms with Crippen molar-refractivity contribution in [1.29, 1.82) is 0 Å². The summed E-state index contributed by atoms with van der Waals surface area (Å²) in [6.45, 7) is 0. The summed E-state index contributed by atoms with van der Waals surface area (Å²) in [7, 11) is 0. The molecule has 0 aromatic carbocycles. The normalized spacial score (nSPS) is 9.08. The summed E-state index contributed by atoms with van der Waals surface area (Å²) in [5, 5.41) is 0. The van der Waals surface area contributed by atoms with Crippen LogP contribution in [-0.2, 0) is 0 Å². The molecule has 0 atom stereocenters. The molecule has 2 nitrogen and oxygen atoms in total. The van der Waals surface area contributed by atoms with Crippen molar-refractivity contribution in [2.24, 2.45) is 0 Å². The molecule has 0 aliphatic rings. The lowest BCUT2D eigenvalue weighted by Crippen LogP contribution is -1.95. The molecule has 0 fully saturated rings. The van der Waals surface area contributed by atoms with E-state index in [9.17, 15) is 4.39 Å². The lowest BCUT2D eigenvalue weighted by molar-refractivity contribution is 0.583. The van der Waals surface area contributed by atoms with Crippen molar-refractivity contribution in [3.63, 3.8) is 0 Å². The highest BCUT2D eigenvalue weighted by atomic mass is 32.1. The predicted molar refractivity (Wildman–Crippen MR) is 54.0 cm³/mol. The first-order valence-electron chi connectivity index (χ1n) is 3.76. The molecule has 0 spiro atoms. The minimum absolute atomic E-state index is 0.293. The summed E-state index contributed by atoms with van der Waals surface area (Å²) in [5.41, 5.74) is 6.21. The molecule has 1 aromatic rings. The van der Waals surface area contributed by atoms with E-state index in [1.807, 2.05) is 0 Å². The van der Waals surface area contributed by atoms with Crippen LogP contribution in [0, 0.1) is 17.8 Å². The van der Waals surface area contributed by atoms with Gasteiger partial charge in [0.1, 0.15) is 5.69 Å². The molecule has 0 radical (unpaired) electrons. The van der Waals surface area contributed by atoms with Crippen LogP contribution in [0.3, 0.4) is 0 Å². The minimum atomic E-state index is -0.565. The first kappa shape index (κ1) is 9.87. The van der Waals surface area contributed by atoms with Crippen molar-refractivity contribution in [2.45, 2.75) is 6.42 Å². The molecule has 13 heavy (non-hydrogen) atoms. The number of nitrogens with zero attached hydrogens (tertiary/aromatic N) is 1. The van der Waals surface area contributed by atoms with Gasteiger partial charge in [0, 0.05) is 12.2 Å². The molecule has 0 saturated heterocycles. The fourth-order valence-electron chi connectivity index (χ4n) is 0.748. The van der Waals surface area contributed by atoms with E-state index in [1.165, 1.54) is 12.1 Å². The Hall–Kier alpha value is -1.21. The highest BCUT2D eigenvalue weighted by Crippen LogP contribution is 2.07. The van der Waals surface area contributed by atoms with E-state index in [-0.39, 0.29) is 0 Å². The molecule has 1 aromatic heterocycles. The zero-order valence-corrected chi connectivity index (χ0v) is 7.81. The van der Waals surface area contributed by atoms with Crippen LogP contribution >= 0.6 is 12.6 Å². The van der Waals surface area contributed by atoms with Crippen LogP contribution in [0.25, 0.3) is 0 Å². The van der Waals surface area contributed by atoms with Gasteiger partial charge in [-0.3, -0.25) is 0 Å².